The third-order valence-corrected chi connectivity index (χ3v) is 4.53. The monoisotopic (exact) mass is 300 g/mol. The van der Waals surface area contributed by atoms with Crippen molar-refractivity contribution < 1.29 is 9.53 Å². The largest absolute Gasteiger partial charge is 0.378 e. The molecule has 1 N–H and O–H groups in total. The molecule has 4 nitrogen and oxygen atoms in total. The molecule has 0 unspecified atom stereocenters. The van der Waals surface area contributed by atoms with Gasteiger partial charge in [-0.3, -0.25) is 4.79 Å². The van der Waals surface area contributed by atoms with Crippen molar-refractivity contribution in [3.8, 4) is 0 Å². The summed E-state index contributed by atoms with van der Waals surface area (Å²) >= 11 is 0. The maximum Gasteiger partial charge on any atom is 0.251 e. The third-order valence-electron chi connectivity index (χ3n) is 4.53. The van der Waals surface area contributed by atoms with Crippen molar-refractivity contribution in [1.82, 2.24) is 5.32 Å². The summed E-state index contributed by atoms with van der Waals surface area (Å²) in [5, 5.41) is 3.14. The summed E-state index contributed by atoms with van der Waals surface area (Å²) in [6, 6.07) is 8.19. The highest BCUT2D eigenvalue weighted by Gasteiger charge is 2.18. The molecule has 2 fully saturated rings. The second-order valence-corrected chi connectivity index (χ2v) is 6.14. The second-order valence-electron chi connectivity index (χ2n) is 6.14. The van der Waals surface area contributed by atoms with Crippen LogP contribution in [-0.2, 0) is 4.74 Å². The summed E-state index contributed by atoms with van der Waals surface area (Å²) in [4.78, 5) is 14.6. The molecule has 2 aliphatic rings. The van der Waals surface area contributed by atoms with E-state index in [4.69, 9.17) is 4.74 Å². The van der Waals surface area contributed by atoms with Crippen molar-refractivity contribution in [3.05, 3.63) is 42.0 Å². The molecule has 1 amide bonds. The van der Waals surface area contributed by atoms with E-state index in [-0.39, 0.29) is 11.9 Å². The minimum absolute atomic E-state index is 0.0334. The van der Waals surface area contributed by atoms with E-state index < -0.39 is 0 Å². The molecule has 1 heterocycles. The first-order valence-corrected chi connectivity index (χ1v) is 8.12. The van der Waals surface area contributed by atoms with Gasteiger partial charge in [-0.2, -0.15) is 0 Å². The number of nitrogens with zero attached hydrogens (tertiary/aromatic N) is 1. The Morgan fingerprint density at radius 3 is 2.41 bits per heavy atom. The smallest absolute Gasteiger partial charge is 0.251 e. The number of hydrogen-bond acceptors (Lipinski definition) is 3. The van der Waals surface area contributed by atoms with Gasteiger partial charge in [-0.25, -0.2) is 0 Å². The zero-order chi connectivity index (χ0) is 15.4. The maximum absolute atomic E-state index is 12.3. The number of allylic oxidation sites excluding steroid dienone is 1. The zero-order valence-electron chi connectivity index (χ0n) is 13.0. The van der Waals surface area contributed by atoms with Crippen LogP contribution in [0.1, 0.15) is 36.0 Å². The quantitative estimate of drug-likeness (QED) is 0.873. The second kappa shape index (κ2) is 6.97. The molecule has 1 aliphatic heterocycles. The Morgan fingerprint density at radius 1 is 1.14 bits per heavy atom. The molecule has 22 heavy (non-hydrogen) atoms. The third kappa shape index (κ3) is 3.69. The van der Waals surface area contributed by atoms with Crippen molar-refractivity contribution in [2.45, 2.75) is 31.7 Å². The average molecular weight is 300 g/mol. The predicted octanol–water partition coefficient (Wildman–Crippen LogP) is 2.75. The van der Waals surface area contributed by atoms with E-state index in [0.29, 0.717) is 0 Å². The van der Waals surface area contributed by atoms with Crippen molar-refractivity contribution >= 4 is 11.6 Å². The van der Waals surface area contributed by atoms with E-state index in [9.17, 15) is 4.79 Å². The highest BCUT2D eigenvalue weighted by atomic mass is 16.5. The molecule has 1 saturated carbocycles. The summed E-state index contributed by atoms with van der Waals surface area (Å²) in [5.41, 5.74) is 3.20. The number of benzene rings is 1. The summed E-state index contributed by atoms with van der Waals surface area (Å²) in [6.45, 7) is 7.39. The number of amides is 1. The molecule has 118 valence electrons. The Hall–Kier alpha value is -1.81. The lowest BCUT2D eigenvalue weighted by atomic mass is 9.92. The van der Waals surface area contributed by atoms with Crippen LogP contribution < -0.4 is 10.2 Å². The molecule has 1 saturated heterocycles. The van der Waals surface area contributed by atoms with Gasteiger partial charge in [0.2, 0.25) is 0 Å². The van der Waals surface area contributed by atoms with Gasteiger partial charge in [0.1, 0.15) is 0 Å². The number of carbonyl (C=O) groups is 1. The highest BCUT2D eigenvalue weighted by molar-refractivity contribution is 5.94. The van der Waals surface area contributed by atoms with Gasteiger partial charge >= 0.3 is 0 Å². The SMILES string of the molecule is C=C1CCC(NC(=O)c2ccc(N3CCOCC3)cc2)CC1. The number of carbonyl (C=O) groups excluding carboxylic acids is 1. The number of ether oxygens (including phenoxy) is 1. The normalized spacial score (nSPS) is 20.0. The standard InChI is InChI=1S/C18H24N2O2/c1-14-2-6-16(7-3-14)19-18(21)15-4-8-17(9-5-15)20-10-12-22-13-11-20/h4-5,8-9,16H,1-3,6-7,10-13H2,(H,19,21). The van der Waals surface area contributed by atoms with E-state index in [1.165, 1.54) is 5.57 Å². The van der Waals surface area contributed by atoms with Crippen LogP contribution in [0.15, 0.2) is 36.4 Å². The molecule has 1 aliphatic carbocycles. The van der Waals surface area contributed by atoms with Crippen LogP contribution in [0.3, 0.4) is 0 Å². The van der Waals surface area contributed by atoms with Gasteiger partial charge in [-0.05, 0) is 49.9 Å². The van der Waals surface area contributed by atoms with Crippen molar-refractivity contribution in [2.75, 3.05) is 31.2 Å². The number of morpholine rings is 1. The highest BCUT2D eigenvalue weighted by Crippen LogP contribution is 2.22. The first-order valence-electron chi connectivity index (χ1n) is 8.12. The lowest BCUT2D eigenvalue weighted by Crippen LogP contribution is -2.37. The van der Waals surface area contributed by atoms with Gasteiger partial charge in [-0.15, -0.1) is 0 Å². The number of rotatable bonds is 3. The molecule has 0 aromatic heterocycles. The van der Waals surface area contributed by atoms with Gasteiger partial charge < -0.3 is 15.0 Å². The molecule has 1 aromatic carbocycles. The molecule has 0 bridgehead atoms. The van der Waals surface area contributed by atoms with E-state index in [0.717, 1.165) is 63.2 Å². The summed E-state index contributed by atoms with van der Waals surface area (Å²) in [6.07, 6.45) is 4.08. The fraction of sp³-hybridized carbons (Fsp3) is 0.500. The van der Waals surface area contributed by atoms with E-state index >= 15 is 0 Å². The van der Waals surface area contributed by atoms with Crippen LogP contribution in [0.25, 0.3) is 0 Å². The van der Waals surface area contributed by atoms with Gasteiger partial charge in [-0.1, -0.05) is 12.2 Å². The molecule has 0 radical (unpaired) electrons. The Morgan fingerprint density at radius 2 is 1.77 bits per heavy atom. The Balaban J connectivity index is 1.57. The summed E-state index contributed by atoms with van der Waals surface area (Å²) in [7, 11) is 0. The van der Waals surface area contributed by atoms with E-state index in [1.54, 1.807) is 0 Å². The van der Waals surface area contributed by atoms with Gasteiger partial charge in [0, 0.05) is 30.4 Å². The predicted molar refractivity (Wildman–Crippen MR) is 88.3 cm³/mol. The van der Waals surface area contributed by atoms with Crippen molar-refractivity contribution in [2.24, 2.45) is 0 Å². The maximum atomic E-state index is 12.3. The van der Waals surface area contributed by atoms with Crippen LogP contribution in [0.5, 0.6) is 0 Å². The summed E-state index contributed by atoms with van der Waals surface area (Å²) in [5.74, 6) is 0.0334. The molecular formula is C18H24N2O2. The molecule has 0 atom stereocenters. The van der Waals surface area contributed by atoms with Crippen LogP contribution in [0.4, 0.5) is 5.69 Å². The number of hydrogen-bond donors (Lipinski definition) is 1. The number of anilines is 1. The molecule has 3 rings (SSSR count). The zero-order valence-corrected chi connectivity index (χ0v) is 13.0. The van der Waals surface area contributed by atoms with Crippen LogP contribution >= 0.6 is 0 Å². The minimum atomic E-state index is 0.0334. The molecule has 1 aromatic rings. The summed E-state index contributed by atoms with van der Waals surface area (Å²) < 4.78 is 5.36. The molecule has 0 spiro atoms. The van der Waals surface area contributed by atoms with Crippen LogP contribution in [0, 0.1) is 0 Å². The first-order chi connectivity index (χ1) is 10.7. The van der Waals surface area contributed by atoms with Crippen LogP contribution in [-0.4, -0.2) is 38.3 Å². The fourth-order valence-electron chi connectivity index (χ4n) is 3.08. The average Bonchev–Trinajstić information content (AvgIpc) is 2.58. The number of nitrogens with one attached hydrogen (secondary N) is 1. The fourth-order valence-corrected chi connectivity index (χ4v) is 3.08. The van der Waals surface area contributed by atoms with Gasteiger partial charge in [0.05, 0.1) is 13.2 Å². The van der Waals surface area contributed by atoms with E-state index in [2.05, 4.69) is 16.8 Å². The van der Waals surface area contributed by atoms with Crippen molar-refractivity contribution in [1.29, 1.82) is 0 Å². The van der Waals surface area contributed by atoms with Crippen LogP contribution in [0.2, 0.25) is 0 Å². The lowest BCUT2D eigenvalue weighted by molar-refractivity contribution is 0.0930. The Labute approximate surface area is 132 Å². The van der Waals surface area contributed by atoms with Gasteiger partial charge in [0.25, 0.3) is 5.91 Å². The minimum Gasteiger partial charge on any atom is -0.378 e. The molecular weight excluding hydrogens is 276 g/mol. The lowest BCUT2D eigenvalue weighted by Gasteiger charge is -2.29. The Bertz CT molecular complexity index is 523. The van der Waals surface area contributed by atoms with Crippen molar-refractivity contribution in [3.63, 3.8) is 0 Å². The first kappa shape index (κ1) is 15.1. The Kier molecular flexibility index (Phi) is 4.78. The topological polar surface area (TPSA) is 41.6 Å². The van der Waals surface area contributed by atoms with E-state index in [1.807, 2.05) is 24.3 Å². The molecule has 4 heteroatoms. The van der Waals surface area contributed by atoms with Gasteiger partial charge in [0.15, 0.2) is 0 Å².